The summed E-state index contributed by atoms with van der Waals surface area (Å²) in [5.41, 5.74) is 0.720. The fourth-order valence-corrected chi connectivity index (χ4v) is 1.07. The van der Waals surface area contributed by atoms with Gasteiger partial charge in [-0.05, 0) is 24.3 Å². The third-order valence-electron chi connectivity index (χ3n) is 1.56. The second kappa shape index (κ2) is 4.24. The summed E-state index contributed by atoms with van der Waals surface area (Å²) in [4.78, 5) is 11.3. The average molecular weight is 185 g/mol. The van der Waals surface area contributed by atoms with E-state index in [1.165, 1.54) is 0 Å². The Morgan fingerprint density at radius 1 is 1.42 bits per heavy atom. The van der Waals surface area contributed by atoms with Gasteiger partial charge in [0.2, 0.25) is 5.78 Å². The number of quaternary nitrogens is 1. The van der Waals surface area contributed by atoms with E-state index in [-0.39, 0.29) is 5.78 Å². The summed E-state index contributed by atoms with van der Waals surface area (Å²) in [5.74, 6) is 0.133. The highest BCUT2D eigenvalue weighted by molar-refractivity contribution is 6.30. The zero-order valence-corrected chi connectivity index (χ0v) is 7.64. The van der Waals surface area contributed by atoms with Crippen molar-refractivity contribution in [3.63, 3.8) is 0 Å². The standard InChI is InChI=1S/C9H10ClNO/c1-11-6-9(12)7-2-4-8(10)5-3-7/h2-5,11H,6H2,1H3/p+1. The Labute approximate surface area is 76.5 Å². The van der Waals surface area contributed by atoms with Crippen molar-refractivity contribution in [2.45, 2.75) is 0 Å². The van der Waals surface area contributed by atoms with Crippen LogP contribution >= 0.6 is 11.6 Å². The molecule has 1 aromatic rings. The molecule has 1 aromatic carbocycles. The van der Waals surface area contributed by atoms with Crippen molar-refractivity contribution in [3.8, 4) is 0 Å². The third-order valence-corrected chi connectivity index (χ3v) is 1.81. The Hall–Kier alpha value is -0.860. The molecule has 0 atom stereocenters. The second-order valence-electron chi connectivity index (χ2n) is 2.54. The molecule has 0 radical (unpaired) electrons. The highest BCUT2D eigenvalue weighted by Crippen LogP contribution is 2.09. The van der Waals surface area contributed by atoms with Crippen molar-refractivity contribution < 1.29 is 10.1 Å². The van der Waals surface area contributed by atoms with Crippen LogP contribution in [0.4, 0.5) is 0 Å². The van der Waals surface area contributed by atoms with Gasteiger partial charge in [-0.1, -0.05) is 11.6 Å². The van der Waals surface area contributed by atoms with Crippen LogP contribution in [0.2, 0.25) is 5.02 Å². The number of likely N-dealkylation sites (N-methyl/N-ethyl adjacent to an activating group) is 1. The number of rotatable bonds is 3. The molecule has 0 saturated heterocycles. The monoisotopic (exact) mass is 184 g/mol. The Balaban J connectivity index is 2.75. The van der Waals surface area contributed by atoms with Crippen LogP contribution in [0.1, 0.15) is 10.4 Å². The van der Waals surface area contributed by atoms with E-state index in [1.807, 2.05) is 12.4 Å². The summed E-state index contributed by atoms with van der Waals surface area (Å²) < 4.78 is 0. The molecule has 12 heavy (non-hydrogen) atoms. The normalized spacial score (nSPS) is 9.83. The van der Waals surface area contributed by atoms with Crippen LogP contribution in [0.3, 0.4) is 0 Å². The van der Waals surface area contributed by atoms with Crippen LogP contribution in [-0.4, -0.2) is 19.4 Å². The number of halogens is 1. The summed E-state index contributed by atoms with van der Waals surface area (Å²) in [5, 5.41) is 2.50. The minimum absolute atomic E-state index is 0.133. The van der Waals surface area contributed by atoms with Gasteiger partial charge in [0, 0.05) is 10.6 Å². The van der Waals surface area contributed by atoms with Gasteiger partial charge in [-0.2, -0.15) is 0 Å². The lowest BCUT2D eigenvalue weighted by atomic mass is 10.1. The van der Waals surface area contributed by atoms with Gasteiger partial charge in [-0.3, -0.25) is 4.79 Å². The molecule has 0 aliphatic carbocycles. The van der Waals surface area contributed by atoms with E-state index in [4.69, 9.17) is 11.6 Å². The molecule has 0 bridgehead atoms. The number of hydrogen-bond acceptors (Lipinski definition) is 1. The maximum atomic E-state index is 11.3. The van der Waals surface area contributed by atoms with Crippen molar-refractivity contribution in [1.82, 2.24) is 0 Å². The van der Waals surface area contributed by atoms with Crippen molar-refractivity contribution >= 4 is 17.4 Å². The SMILES string of the molecule is C[NH2+]CC(=O)c1ccc(Cl)cc1. The van der Waals surface area contributed by atoms with Gasteiger partial charge in [0.25, 0.3) is 0 Å². The summed E-state index contributed by atoms with van der Waals surface area (Å²) in [6, 6.07) is 6.94. The van der Waals surface area contributed by atoms with Crippen molar-refractivity contribution in [1.29, 1.82) is 0 Å². The molecule has 3 heteroatoms. The van der Waals surface area contributed by atoms with Crippen LogP contribution in [0.25, 0.3) is 0 Å². The highest BCUT2D eigenvalue weighted by Gasteiger charge is 2.04. The molecule has 64 valence electrons. The quantitative estimate of drug-likeness (QED) is 0.690. The molecule has 0 fully saturated rings. The lowest BCUT2D eigenvalue weighted by Crippen LogP contribution is -2.81. The van der Waals surface area contributed by atoms with E-state index >= 15 is 0 Å². The molecule has 0 aliphatic heterocycles. The molecule has 0 unspecified atom stereocenters. The smallest absolute Gasteiger partial charge is 0.216 e. The second-order valence-corrected chi connectivity index (χ2v) is 2.98. The molecule has 0 heterocycles. The van der Waals surface area contributed by atoms with Crippen LogP contribution in [0, 0.1) is 0 Å². The lowest BCUT2D eigenvalue weighted by Gasteiger charge is -1.97. The number of carbonyl (C=O) groups is 1. The molecule has 0 aromatic heterocycles. The molecule has 0 saturated carbocycles. The zero-order valence-electron chi connectivity index (χ0n) is 6.88. The van der Waals surface area contributed by atoms with E-state index in [9.17, 15) is 4.79 Å². The fraction of sp³-hybridized carbons (Fsp3) is 0.222. The van der Waals surface area contributed by atoms with Gasteiger partial charge in [-0.25, -0.2) is 0 Å². The first kappa shape index (κ1) is 9.23. The van der Waals surface area contributed by atoms with Gasteiger partial charge in [0.15, 0.2) is 0 Å². The van der Waals surface area contributed by atoms with Crippen molar-refractivity contribution in [2.24, 2.45) is 0 Å². The molecule has 0 spiro atoms. The first-order valence-electron chi connectivity index (χ1n) is 3.80. The summed E-state index contributed by atoms with van der Waals surface area (Å²) in [6.45, 7) is 0.488. The molecular formula is C9H11ClNO+. The van der Waals surface area contributed by atoms with Crippen molar-refractivity contribution in [2.75, 3.05) is 13.6 Å². The van der Waals surface area contributed by atoms with Crippen molar-refractivity contribution in [3.05, 3.63) is 34.9 Å². The minimum atomic E-state index is 0.133. The summed E-state index contributed by atoms with van der Waals surface area (Å²) >= 11 is 5.67. The van der Waals surface area contributed by atoms with E-state index in [1.54, 1.807) is 24.3 Å². The topological polar surface area (TPSA) is 33.7 Å². The number of nitrogens with two attached hydrogens (primary N) is 1. The molecule has 0 amide bonds. The fourth-order valence-electron chi connectivity index (χ4n) is 0.939. The Morgan fingerprint density at radius 2 is 2.00 bits per heavy atom. The predicted molar refractivity (Wildman–Crippen MR) is 48.5 cm³/mol. The Bertz CT molecular complexity index is 268. The maximum absolute atomic E-state index is 11.3. The third kappa shape index (κ3) is 2.32. The van der Waals surface area contributed by atoms with E-state index in [0.29, 0.717) is 11.6 Å². The van der Waals surface area contributed by atoms with E-state index < -0.39 is 0 Å². The van der Waals surface area contributed by atoms with Crippen LogP contribution in [0.5, 0.6) is 0 Å². The maximum Gasteiger partial charge on any atom is 0.216 e. The van der Waals surface area contributed by atoms with Crippen LogP contribution in [0.15, 0.2) is 24.3 Å². The molecule has 1 rings (SSSR count). The minimum Gasteiger partial charge on any atom is -0.342 e. The number of benzene rings is 1. The first-order valence-corrected chi connectivity index (χ1v) is 4.18. The van der Waals surface area contributed by atoms with Gasteiger partial charge < -0.3 is 5.32 Å². The summed E-state index contributed by atoms with van der Waals surface area (Å²) in [7, 11) is 1.87. The molecular weight excluding hydrogens is 174 g/mol. The number of Topliss-reactive ketones (excluding diaryl/α,β-unsaturated/α-hetero) is 1. The van der Waals surface area contributed by atoms with E-state index in [0.717, 1.165) is 5.56 Å². The van der Waals surface area contributed by atoms with Gasteiger partial charge >= 0.3 is 0 Å². The number of ketones is 1. The van der Waals surface area contributed by atoms with Gasteiger partial charge in [0.1, 0.15) is 6.54 Å². The Morgan fingerprint density at radius 3 is 2.50 bits per heavy atom. The van der Waals surface area contributed by atoms with Crippen LogP contribution < -0.4 is 5.32 Å². The van der Waals surface area contributed by atoms with Crippen LogP contribution in [-0.2, 0) is 0 Å². The van der Waals surface area contributed by atoms with Gasteiger partial charge in [-0.15, -0.1) is 0 Å². The highest BCUT2D eigenvalue weighted by atomic mass is 35.5. The lowest BCUT2D eigenvalue weighted by molar-refractivity contribution is -0.614. The molecule has 0 aliphatic rings. The predicted octanol–water partition coefficient (Wildman–Crippen LogP) is 0.716. The van der Waals surface area contributed by atoms with E-state index in [2.05, 4.69) is 0 Å². The zero-order chi connectivity index (χ0) is 8.97. The first-order chi connectivity index (χ1) is 5.74. The average Bonchev–Trinajstić information content (AvgIpc) is 2.06. The summed E-state index contributed by atoms with van der Waals surface area (Å²) in [6.07, 6.45) is 0. The Kier molecular flexibility index (Phi) is 3.26. The number of carbonyl (C=O) groups excluding carboxylic acids is 1. The number of hydrogen-bond donors (Lipinski definition) is 1. The molecule has 2 nitrogen and oxygen atoms in total. The van der Waals surface area contributed by atoms with Gasteiger partial charge in [0.05, 0.1) is 7.05 Å². The molecule has 2 N–H and O–H groups in total. The largest absolute Gasteiger partial charge is 0.342 e.